The van der Waals surface area contributed by atoms with Crippen LogP contribution in [0.5, 0.6) is 0 Å². The first-order valence-electron chi connectivity index (χ1n) is 9.29. The van der Waals surface area contributed by atoms with E-state index in [1.165, 1.54) is 17.6 Å². The van der Waals surface area contributed by atoms with Crippen molar-refractivity contribution < 1.29 is 32.3 Å². The molecule has 1 atom stereocenters. The number of hydrogen-bond acceptors (Lipinski definition) is 6. The lowest BCUT2D eigenvalue weighted by molar-refractivity contribution is -0.140. The van der Waals surface area contributed by atoms with Crippen molar-refractivity contribution in [2.45, 2.75) is 25.6 Å². The Kier molecular flexibility index (Phi) is 7.18. The van der Waals surface area contributed by atoms with Gasteiger partial charge >= 0.3 is 12.1 Å². The van der Waals surface area contributed by atoms with Gasteiger partial charge in [-0.3, -0.25) is 10.1 Å². The van der Waals surface area contributed by atoms with Gasteiger partial charge in [-0.05, 0) is 24.6 Å². The Morgan fingerprint density at radius 2 is 2.03 bits per heavy atom. The van der Waals surface area contributed by atoms with Crippen LogP contribution < -0.4 is 10.6 Å². The van der Waals surface area contributed by atoms with Crippen LogP contribution in [0.15, 0.2) is 35.8 Å². The van der Waals surface area contributed by atoms with E-state index in [0.717, 1.165) is 23.5 Å². The molecule has 1 unspecified atom stereocenters. The number of alkyl halides is 3. The van der Waals surface area contributed by atoms with E-state index in [0.29, 0.717) is 6.07 Å². The smallest absolute Gasteiger partial charge is 0.419 e. The van der Waals surface area contributed by atoms with Gasteiger partial charge in [0.15, 0.2) is 5.13 Å². The van der Waals surface area contributed by atoms with E-state index in [1.54, 1.807) is 6.92 Å². The number of nitrogens with zero attached hydrogens (tertiary/aromatic N) is 2. The monoisotopic (exact) mass is 502 g/mol. The summed E-state index contributed by atoms with van der Waals surface area (Å²) < 4.78 is 53.1. The third-order valence-electron chi connectivity index (χ3n) is 4.43. The minimum atomic E-state index is -4.86. The topological polar surface area (TPSA) is 104 Å². The summed E-state index contributed by atoms with van der Waals surface area (Å²) in [5.41, 5.74) is -1.82. The zero-order valence-corrected chi connectivity index (χ0v) is 18.3. The molecule has 0 radical (unpaired) electrons. The first-order valence-corrected chi connectivity index (χ1v) is 10.5. The third-order valence-corrected chi connectivity index (χ3v) is 5.47. The highest BCUT2D eigenvalue weighted by molar-refractivity contribution is 7.14. The van der Waals surface area contributed by atoms with Crippen molar-refractivity contribution in [2.24, 2.45) is 0 Å². The number of carbonyl (C=O) groups excluding carboxylic acids is 1. The molecule has 174 valence electrons. The number of benzene rings is 1. The molecule has 0 saturated heterocycles. The summed E-state index contributed by atoms with van der Waals surface area (Å²) in [4.78, 5) is 31.6. The van der Waals surface area contributed by atoms with Gasteiger partial charge in [-0.15, -0.1) is 11.3 Å². The van der Waals surface area contributed by atoms with E-state index in [4.69, 9.17) is 16.7 Å². The maximum absolute atomic E-state index is 14.3. The molecule has 1 amide bonds. The average molecular weight is 503 g/mol. The molecular weight excluding hydrogens is 488 g/mol. The van der Waals surface area contributed by atoms with Gasteiger partial charge < -0.3 is 10.4 Å². The molecule has 0 saturated carbocycles. The minimum Gasteiger partial charge on any atom is -0.480 e. The van der Waals surface area contributed by atoms with Gasteiger partial charge in [0, 0.05) is 17.1 Å². The number of pyridine rings is 1. The van der Waals surface area contributed by atoms with Crippen molar-refractivity contribution in [1.82, 2.24) is 9.97 Å². The number of carboxylic acid groups (broad SMARTS) is 1. The van der Waals surface area contributed by atoms with E-state index >= 15 is 0 Å². The quantitative estimate of drug-likeness (QED) is 0.366. The van der Waals surface area contributed by atoms with E-state index in [2.05, 4.69) is 20.6 Å². The molecule has 0 aliphatic carbocycles. The zero-order chi connectivity index (χ0) is 24.3. The Labute approximate surface area is 193 Å². The molecule has 0 spiro atoms. The molecule has 3 N–H and O–H groups in total. The normalized spacial score (nSPS) is 12.3. The van der Waals surface area contributed by atoms with Crippen LogP contribution in [0.25, 0.3) is 11.3 Å². The maximum Gasteiger partial charge on any atom is 0.419 e. The largest absolute Gasteiger partial charge is 0.480 e. The summed E-state index contributed by atoms with van der Waals surface area (Å²) in [6.45, 7) is 1.66. The molecule has 0 aliphatic heterocycles. The van der Waals surface area contributed by atoms with Crippen molar-refractivity contribution >= 4 is 45.8 Å². The number of nitrogens with one attached hydrogen (secondary N) is 2. The summed E-state index contributed by atoms with van der Waals surface area (Å²) in [6, 6.07) is 3.20. The number of carboxylic acids is 1. The molecule has 3 rings (SSSR count). The van der Waals surface area contributed by atoms with Gasteiger partial charge in [-0.2, -0.15) is 13.2 Å². The van der Waals surface area contributed by atoms with Crippen molar-refractivity contribution in [3.8, 4) is 11.3 Å². The van der Waals surface area contributed by atoms with Crippen LogP contribution in [0, 0.1) is 5.82 Å². The second-order valence-corrected chi connectivity index (χ2v) is 7.92. The van der Waals surface area contributed by atoms with Crippen molar-refractivity contribution in [3.63, 3.8) is 0 Å². The summed E-state index contributed by atoms with van der Waals surface area (Å²) in [5, 5.41) is 15.5. The second-order valence-electron chi connectivity index (χ2n) is 6.65. The van der Waals surface area contributed by atoms with Gasteiger partial charge in [-0.25, -0.2) is 19.2 Å². The van der Waals surface area contributed by atoms with Crippen molar-refractivity contribution in [1.29, 1.82) is 0 Å². The Morgan fingerprint density at radius 3 is 2.64 bits per heavy atom. The van der Waals surface area contributed by atoms with Crippen molar-refractivity contribution in [2.75, 3.05) is 10.6 Å². The summed E-state index contributed by atoms with van der Waals surface area (Å²) in [5.74, 6) is -3.14. The predicted molar refractivity (Wildman–Crippen MR) is 115 cm³/mol. The summed E-state index contributed by atoms with van der Waals surface area (Å²) in [7, 11) is 0. The number of anilines is 2. The second kappa shape index (κ2) is 9.71. The molecule has 0 bridgehead atoms. The number of aromatic nitrogens is 2. The molecular formula is C20H15ClF4N4O3S. The predicted octanol–water partition coefficient (Wildman–Crippen LogP) is 5.54. The molecule has 0 aliphatic rings. The number of rotatable bonds is 7. The lowest BCUT2D eigenvalue weighted by atomic mass is 10.1. The van der Waals surface area contributed by atoms with E-state index in [1.807, 2.05) is 0 Å². The standard InChI is InChI=1S/C20H15ClF4N4O3S/c1-2-13(18(31)32)27-16-12(21)6-9(7-26-16)17(30)29-19-28-14(8-33-19)10-4-3-5-11(15(10)22)20(23,24)25/h3-8,13H,2H2,1H3,(H,26,27)(H,31,32)(H,28,29,30). The lowest BCUT2D eigenvalue weighted by Crippen LogP contribution is -2.29. The Balaban J connectivity index is 1.77. The molecule has 3 aromatic rings. The summed E-state index contributed by atoms with van der Waals surface area (Å²) in [6.07, 6.45) is -3.42. The fraction of sp³-hybridized carbons (Fsp3) is 0.200. The van der Waals surface area contributed by atoms with Gasteiger partial charge in [0.25, 0.3) is 5.91 Å². The first kappa shape index (κ1) is 24.4. The molecule has 7 nitrogen and oxygen atoms in total. The minimum absolute atomic E-state index is 0.00761. The van der Waals surface area contributed by atoms with Gasteiger partial charge in [0.1, 0.15) is 17.7 Å². The number of aliphatic carboxylic acids is 1. The average Bonchev–Trinajstić information content (AvgIpc) is 3.20. The maximum atomic E-state index is 14.3. The molecule has 2 aromatic heterocycles. The number of hydrogen-bond donors (Lipinski definition) is 3. The molecule has 0 fully saturated rings. The fourth-order valence-corrected chi connectivity index (χ4v) is 3.67. The van der Waals surface area contributed by atoms with Crippen LogP contribution >= 0.6 is 22.9 Å². The Bertz CT molecular complexity index is 1200. The van der Waals surface area contributed by atoms with Crippen LogP contribution in [0.4, 0.5) is 28.5 Å². The van der Waals surface area contributed by atoms with Crippen LogP contribution in [0.2, 0.25) is 5.02 Å². The van der Waals surface area contributed by atoms with E-state index in [9.17, 15) is 27.2 Å². The highest BCUT2D eigenvalue weighted by atomic mass is 35.5. The fourth-order valence-electron chi connectivity index (χ4n) is 2.74. The Morgan fingerprint density at radius 1 is 1.30 bits per heavy atom. The van der Waals surface area contributed by atoms with Crippen molar-refractivity contribution in [3.05, 3.63) is 57.8 Å². The molecule has 13 heteroatoms. The highest BCUT2D eigenvalue weighted by Gasteiger charge is 2.35. The highest BCUT2D eigenvalue weighted by Crippen LogP contribution is 2.36. The van der Waals surface area contributed by atoms with Gasteiger partial charge in [0.2, 0.25) is 0 Å². The molecule has 1 aromatic carbocycles. The molecule has 2 heterocycles. The SMILES string of the molecule is CCC(Nc1ncc(C(=O)Nc2nc(-c3cccc(C(F)(F)F)c3F)cs2)cc1Cl)C(=O)O. The summed E-state index contributed by atoms with van der Waals surface area (Å²) >= 11 is 6.98. The lowest BCUT2D eigenvalue weighted by Gasteiger charge is -2.14. The van der Waals surface area contributed by atoms with Crippen LogP contribution in [-0.2, 0) is 11.0 Å². The van der Waals surface area contributed by atoms with Crippen LogP contribution in [-0.4, -0.2) is 33.0 Å². The Hall–Kier alpha value is -3.25. The van der Waals surface area contributed by atoms with E-state index in [-0.39, 0.29) is 39.2 Å². The van der Waals surface area contributed by atoms with E-state index < -0.39 is 35.5 Å². The first-order chi connectivity index (χ1) is 15.5. The number of amides is 1. The zero-order valence-electron chi connectivity index (χ0n) is 16.7. The third kappa shape index (κ3) is 5.57. The number of thiazole rings is 1. The number of halogens is 5. The van der Waals surface area contributed by atoms with Gasteiger partial charge in [-0.1, -0.05) is 24.6 Å². The number of carbonyl (C=O) groups is 2. The van der Waals surface area contributed by atoms with Crippen LogP contribution in [0.3, 0.4) is 0 Å². The van der Waals surface area contributed by atoms with Gasteiger partial charge in [0.05, 0.1) is 21.8 Å². The van der Waals surface area contributed by atoms with Crippen LogP contribution in [0.1, 0.15) is 29.3 Å². The molecule has 33 heavy (non-hydrogen) atoms.